The largest absolute Gasteiger partial charge is 0.452 e. The third-order valence-corrected chi connectivity index (χ3v) is 5.61. The number of nitrogens with one attached hydrogen (secondary N) is 1. The summed E-state index contributed by atoms with van der Waals surface area (Å²) in [6, 6.07) is 10.5. The Morgan fingerprint density at radius 3 is 2.68 bits per heavy atom. The Bertz CT molecular complexity index is 1120. The maximum Gasteiger partial charge on any atom is 0.177 e. The fourth-order valence-corrected chi connectivity index (χ4v) is 4.11. The minimum Gasteiger partial charge on any atom is -0.452 e. The summed E-state index contributed by atoms with van der Waals surface area (Å²) in [5.74, 6) is 1.25. The molecular formula is C22H23N5O. The Morgan fingerprint density at radius 2 is 1.89 bits per heavy atom. The summed E-state index contributed by atoms with van der Waals surface area (Å²) in [6.07, 6.45) is 8.07. The number of hydrogen-bond acceptors (Lipinski definition) is 5. The summed E-state index contributed by atoms with van der Waals surface area (Å²) < 4.78 is 8.27. The van der Waals surface area contributed by atoms with Crippen LogP contribution in [0.3, 0.4) is 0 Å². The van der Waals surface area contributed by atoms with E-state index in [4.69, 9.17) is 10.2 Å². The van der Waals surface area contributed by atoms with Gasteiger partial charge in [0.15, 0.2) is 11.4 Å². The first-order valence-corrected chi connectivity index (χ1v) is 9.70. The zero-order chi connectivity index (χ0) is 19.1. The van der Waals surface area contributed by atoms with E-state index in [1.54, 1.807) is 0 Å². The fourth-order valence-electron chi connectivity index (χ4n) is 4.11. The second kappa shape index (κ2) is 6.80. The molecule has 1 aliphatic rings. The van der Waals surface area contributed by atoms with Crippen LogP contribution in [-0.2, 0) is 0 Å². The van der Waals surface area contributed by atoms with E-state index < -0.39 is 0 Å². The lowest BCUT2D eigenvalue weighted by atomic mass is 10.0. The highest BCUT2D eigenvalue weighted by molar-refractivity contribution is 6.02. The third kappa shape index (κ3) is 2.77. The van der Waals surface area contributed by atoms with Crippen molar-refractivity contribution in [2.24, 2.45) is 0 Å². The summed E-state index contributed by atoms with van der Waals surface area (Å²) >= 11 is 0. The molecule has 0 radical (unpaired) electrons. The lowest BCUT2D eigenvalue weighted by Gasteiger charge is -2.22. The number of piperidine rings is 1. The number of fused-ring (bicyclic) bond motifs is 1. The van der Waals surface area contributed by atoms with E-state index in [-0.39, 0.29) is 0 Å². The highest BCUT2D eigenvalue weighted by Gasteiger charge is 2.21. The molecular weight excluding hydrogens is 350 g/mol. The molecule has 28 heavy (non-hydrogen) atoms. The van der Waals surface area contributed by atoms with Gasteiger partial charge in [0, 0.05) is 40.0 Å². The Kier molecular flexibility index (Phi) is 4.13. The predicted octanol–water partition coefficient (Wildman–Crippen LogP) is 4.17. The van der Waals surface area contributed by atoms with E-state index in [9.17, 15) is 0 Å². The first-order valence-electron chi connectivity index (χ1n) is 9.70. The standard InChI is InChI=1S/C22H23N5O/c1-14-19-18(16-11-26-27(13-16)17-7-9-24-10-8-17)12-25-22(23)21(19)28-20(14)15-5-3-2-4-6-15/h2-6,11-13,17,24H,7-10H2,1H3,(H2,23,25). The van der Waals surface area contributed by atoms with Crippen molar-refractivity contribution in [1.82, 2.24) is 20.1 Å². The molecule has 0 atom stereocenters. The molecule has 6 heteroatoms. The van der Waals surface area contributed by atoms with Gasteiger partial charge in [0.1, 0.15) is 5.76 Å². The SMILES string of the molecule is Cc1c(-c2ccccc2)oc2c(N)ncc(-c3cnn(C4CCNCC4)c3)c12. The summed E-state index contributed by atoms with van der Waals surface area (Å²) in [5.41, 5.74) is 10.9. The van der Waals surface area contributed by atoms with E-state index in [1.807, 2.05) is 42.7 Å². The molecule has 1 aliphatic heterocycles. The van der Waals surface area contributed by atoms with Gasteiger partial charge in [0.2, 0.25) is 0 Å². The molecule has 3 aromatic heterocycles. The Balaban J connectivity index is 1.63. The van der Waals surface area contributed by atoms with Crippen LogP contribution in [0.2, 0.25) is 0 Å². The third-order valence-electron chi connectivity index (χ3n) is 5.61. The summed E-state index contributed by atoms with van der Waals surface area (Å²) in [4.78, 5) is 4.39. The number of anilines is 1. The van der Waals surface area contributed by atoms with Crippen molar-refractivity contribution < 1.29 is 4.42 Å². The van der Waals surface area contributed by atoms with Crippen molar-refractivity contribution in [3.8, 4) is 22.5 Å². The maximum atomic E-state index is 6.18. The topological polar surface area (TPSA) is 81.9 Å². The zero-order valence-corrected chi connectivity index (χ0v) is 15.9. The van der Waals surface area contributed by atoms with Gasteiger partial charge < -0.3 is 15.5 Å². The quantitative estimate of drug-likeness (QED) is 0.563. The van der Waals surface area contributed by atoms with Crippen LogP contribution in [0.15, 0.2) is 53.3 Å². The van der Waals surface area contributed by atoms with E-state index in [2.05, 4.69) is 33.2 Å². The smallest absolute Gasteiger partial charge is 0.177 e. The summed E-state index contributed by atoms with van der Waals surface area (Å²) in [5, 5.41) is 9.05. The number of furan rings is 1. The number of nitrogens with two attached hydrogens (primary N) is 1. The van der Waals surface area contributed by atoms with Crippen molar-refractivity contribution in [2.45, 2.75) is 25.8 Å². The zero-order valence-electron chi connectivity index (χ0n) is 15.9. The van der Waals surface area contributed by atoms with Gasteiger partial charge >= 0.3 is 0 Å². The Hall–Kier alpha value is -3.12. The molecule has 4 aromatic rings. The van der Waals surface area contributed by atoms with Crippen LogP contribution in [0.4, 0.5) is 5.82 Å². The molecule has 5 rings (SSSR count). The van der Waals surface area contributed by atoms with Gasteiger partial charge in [-0.05, 0) is 32.9 Å². The van der Waals surface area contributed by atoms with Crippen molar-refractivity contribution in [2.75, 3.05) is 18.8 Å². The molecule has 3 N–H and O–H groups in total. The summed E-state index contributed by atoms with van der Waals surface area (Å²) in [7, 11) is 0. The lowest BCUT2D eigenvalue weighted by molar-refractivity contribution is 0.343. The van der Waals surface area contributed by atoms with Crippen LogP contribution < -0.4 is 11.1 Å². The van der Waals surface area contributed by atoms with Gasteiger partial charge in [-0.15, -0.1) is 0 Å². The van der Waals surface area contributed by atoms with Gasteiger partial charge in [-0.25, -0.2) is 4.98 Å². The second-order valence-corrected chi connectivity index (χ2v) is 7.37. The second-order valence-electron chi connectivity index (χ2n) is 7.37. The number of rotatable bonds is 3. The normalized spacial score (nSPS) is 15.3. The van der Waals surface area contributed by atoms with Gasteiger partial charge in [0.25, 0.3) is 0 Å². The van der Waals surface area contributed by atoms with E-state index in [1.165, 1.54) is 0 Å². The first kappa shape index (κ1) is 17.0. The number of nitrogen functional groups attached to an aromatic ring is 1. The van der Waals surface area contributed by atoms with Crippen LogP contribution in [0.5, 0.6) is 0 Å². The minimum atomic E-state index is 0.412. The molecule has 0 unspecified atom stereocenters. The molecule has 1 saturated heterocycles. The predicted molar refractivity (Wildman–Crippen MR) is 111 cm³/mol. The molecule has 0 amide bonds. The number of aryl methyl sites for hydroxylation is 1. The van der Waals surface area contributed by atoms with E-state index in [0.717, 1.165) is 59.3 Å². The van der Waals surface area contributed by atoms with Crippen LogP contribution >= 0.6 is 0 Å². The average Bonchev–Trinajstić information content (AvgIpc) is 3.36. The van der Waals surface area contributed by atoms with Gasteiger partial charge in [-0.1, -0.05) is 30.3 Å². The minimum absolute atomic E-state index is 0.412. The van der Waals surface area contributed by atoms with Crippen LogP contribution in [0.1, 0.15) is 24.4 Å². The number of aromatic nitrogens is 3. The lowest BCUT2D eigenvalue weighted by Crippen LogP contribution is -2.29. The van der Waals surface area contributed by atoms with E-state index >= 15 is 0 Å². The molecule has 0 aliphatic carbocycles. The molecule has 0 saturated carbocycles. The van der Waals surface area contributed by atoms with Gasteiger partial charge in [0.05, 0.1) is 12.2 Å². The molecule has 4 heterocycles. The molecule has 0 bridgehead atoms. The van der Waals surface area contributed by atoms with Crippen molar-refractivity contribution in [1.29, 1.82) is 0 Å². The molecule has 0 spiro atoms. The van der Waals surface area contributed by atoms with Gasteiger partial charge in [-0.2, -0.15) is 5.10 Å². The average molecular weight is 373 g/mol. The fraction of sp³-hybridized carbons (Fsp3) is 0.273. The number of nitrogens with zero attached hydrogens (tertiary/aromatic N) is 3. The maximum absolute atomic E-state index is 6.18. The van der Waals surface area contributed by atoms with Gasteiger partial charge in [-0.3, -0.25) is 4.68 Å². The Morgan fingerprint density at radius 1 is 1.11 bits per heavy atom. The van der Waals surface area contributed by atoms with Crippen molar-refractivity contribution >= 4 is 16.8 Å². The molecule has 142 valence electrons. The number of benzene rings is 1. The molecule has 1 aromatic carbocycles. The summed E-state index contributed by atoms with van der Waals surface area (Å²) in [6.45, 7) is 4.15. The molecule has 1 fully saturated rings. The van der Waals surface area contributed by atoms with Crippen LogP contribution in [0.25, 0.3) is 33.4 Å². The monoisotopic (exact) mass is 373 g/mol. The first-order chi connectivity index (χ1) is 13.7. The van der Waals surface area contributed by atoms with Crippen LogP contribution in [-0.4, -0.2) is 27.9 Å². The Labute approximate surface area is 163 Å². The number of pyridine rings is 1. The molecule has 6 nitrogen and oxygen atoms in total. The van der Waals surface area contributed by atoms with E-state index in [0.29, 0.717) is 17.4 Å². The highest BCUT2D eigenvalue weighted by atomic mass is 16.3. The number of hydrogen-bond donors (Lipinski definition) is 2. The van der Waals surface area contributed by atoms with Crippen molar-refractivity contribution in [3.05, 3.63) is 54.5 Å². The van der Waals surface area contributed by atoms with Crippen molar-refractivity contribution in [3.63, 3.8) is 0 Å². The highest BCUT2D eigenvalue weighted by Crippen LogP contribution is 2.40. The van der Waals surface area contributed by atoms with Crippen LogP contribution in [0, 0.1) is 6.92 Å².